The molecule has 0 aliphatic carbocycles. The molecule has 0 spiro atoms. The Bertz CT molecular complexity index is 468. The summed E-state index contributed by atoms with van der Waals surface area (Å²) in [5.74, 6) is 0.148. The summed E-state index contributed by atoms with van der Waals surface area (Å²) in [7, 11) is 0. The fourth-order valence-corrected chi connectivity index (χ4v) is 3.22. The van der Waals surface area contributed by atoms with Gasteiger partial charge in [-0.1, -0.05) is 6.42 Å². The van der Waals surface area contributed by atoms with Gasteiger partial charge in [0.1, 0.15) is 10.6 Å². The van der Waals surface area contributed by atoms with Gasteiger partial charge in [-0.15, -0.1) is 0 Å². The molecule has 1 aromatic rings. The molecule has 0 radical (unpaired) electrons. The van der Waals surface area contributed by atoms with E-state index in [1.165, 1.54) is 43.9 Å². The molecule has 1 aliphatic rings. The standard InChI is InChI=1S/C14H25N5OS/c1-10(2)17-13(20)11-12(15)18-21-14(11)16-6-9-19-7-4-3-5-8-19/h10,16H,3-9H2,1-2H3,(H2,15,18)(H,17,20). The largest absolute Gasteiger partial charge is 0.382 e. The highest BCUT2D eigenvalue weighted by atomic mass is 32.1. The SMILES string of the molecule is CC(C)NC(=O)c1c(N)nsc1NCCN1CCCCC1. The van der Waals surface area contributed by atoms with Crippen LogP contribution in [0.1, 0.15) is 43.5 Å². The minimum Gasteiger partial charge on any atom is -0.382 e. The fourth-order valence-electron chi connectivity index (χ4n) is 2.49. The number of likely N-dealkylation sites (tertiary alicyclic amines) is 1. The minimum atomic E-state index is -0.156. The number of carbonyl (C=O) groups excluding carboxylic acids is 1. The van der Waals surface area contributed by atoms with Crippen LogP contribution in [0.3, 0.4) is 0 Å². The number of nitrogen functional groups attached to an aromatic ring is 1. The lowest BCUT2D eigenvalue weighted by Gasteiger charge is -2.26. The molecule has 6 nitrogen and oxygen atoms in total. The van der Waals surface area contributed by atoms with E-state index >= 15 is 0 Å². The van der Waals surface area contributed by atoms with Crippen LogP contribution in [-0.4, -0.2) is 47.4 Å². The van der Waals surface area contributed by atoms with Gasteiger partial charge in [-0.3, -0.25) is 4.79 Å². The second-order valence-electron chi connectivity index (χ2n) is 5.73. The smallest absolute Gasteiger partial charge is 0.258 e. The van der Waals surface area contributed by atoms with Crippen LogP contribution in [-0.2, 0) is 0 Å². The lowest BCUT2D eigenvalue weighted by Crippen LogP contribution is -2.34. The van der Waals surface area contributed by atoms with Crippen molar-refractivity contribution in [2.45, 2.75) is 39.2 Å². The average molecular weight is 311 g/mol. The maximum atomic E-state index is 12.1. The Morgan fingerprint density at radius 3 is 2.76 bits per heavy atom. The van der Waals surface area contributed by atoms with Crippen LogP contribution in [0.4, 0.5) is 10.8 Å². The Morgan fingerprint density at radius 1 is 1.38 bits per heavy atom. The van der Waals surface area contributed by atoms with Gasteiger partial charge in [-0.05, 0) is 51.3 Å². The van der Waals surface area contributed by atoms with Gasteiger partial charge in [0.15, 0.2) is 5.82 Å². The lowest BCUT2D eigenvalue weighted by atomic mass is 10.1. The first-order chi connectivity index (χ1) is 10.1. The first kappa shape index (κ1) is 16.0. The summed E-state index contributed by atoms with van der Waals surface area (Å²) in [6.45, 7) is 8.00. The number of nitrogens with zero attached hydrogens (tertiary/aromatic N) is 2. The number of amides is 1. The predicted octanol–water partition coefficient (Wildman–Crippen LogP) is 1.76. The molecule has 1 aliphatic heterocycles. The van der Waals surface area contributed by atoms with Crippen molar-refractivity contribution >= 4 is 28.3 Å². The van der Waals surface area contributed by atoms with Crippen molar-refractivity contribution < 1.29 is 4.79 Å². The van der Waals surface area contributed by atoms with E-state index in [1.54, 1.807) is 0 Å². The molecule has 7 heteroatoms. The number of anilines is 2. The summed E-state index contributed by atoms with van der Waals surface area (Å²) in [5.41, 5.74) is 6.30. The van der Waals surface area contributed by atoms with Crippen molar-refractivity contribution in [3.05, 3.63) is 5.56 Å². The van der Waals surface area contributed by atoms with Crippen LogP contribution >= 0.6 is 11.5 Å². The van der Waals surface area contributed by atoms with Crippen LogP contribution in [0, 0.1) is 0 Å². The van der Waals surface area contributed by atoms with E-state index in [2.05, 4.69) is 19.9 Å². The highest BCUT2D eigenvalue weighted by molar-refractivity contribution is 7.11. The van der Waals surface area contributed by atoms with E-state index in [4.69, 9.17) is 5.73 Å². The third-order valence-corrected chi connectivity index (χ3v) is 4.35. The van der Waals surface area contributed by atoms with Crippen LogP contribution in [0.15, 0.2) is 0 Å². The number of hydrogen-bond acceptors (Lipinski definition) is 6. The van der Waals surface area contributed by atoms with Gasteiger partial charge in [0, 0.05) is 19.1 Å². The Hall–Kier alpha value is -1.34. The number of piperidine rings is 1. The summed E-state index contributed by atoms with van der Waals surface area (Å²) in [5, 5.41) is 6.94. The summed E-state index contributed by atoms with van der Waals surface area (Å²) in [6.07, 6.45) is 3.92. The highest BCUT2D eigenvalue weighted by Crippen LogP contribution is 2.26. The Kier molecular flexibility index (Phi) is 5.81. The van der Waals surface area contributed by atoms with E-state index in [1.807, 2.05) is 13.8 Å². The maximum absolute atomic E-state index is 12.1. The van der Waals surface area contributed by atoms with Crippen molar-refractivity contribution in [3.63, 3.8) is 0 Å². The zero-order valence-corrected chi connectivity index (χ0v) is 13.6. The van der Waals surface area contributed by atoms with E-state index < -0.39 is 0 Å². The number of nitrogens with two attached hydrogens (primary N) is 1. The molecule has 0 saturated carbocycles. The first-order valence-electron chi connectivity index (χ1n) is 7.60. The van der Waals surface area contributed by atoms with Gasteiger partial charge in [0.25, 0.3) is 5.91 Å². The number of aromatic nitrogens is 1. The van der Waals surface area contributed by atoms with E-state index in [-0.39, 0.29) is 11.9 Å². The van der Waals surface area contributed by atoms with Gasteiger partial charge < -0.3 is 21.3 Å². The molecule has 2 heterocycles. The third-order valence-electron chi connectivity index (χ3n) is 3.53. The van der Waals surface area contributed by atoms with Crippen LogP contribution in [0.2, 0.25) is 0 Å². The van der Waals surface area contributed by atoms with Gasteiger partial charge in [-0.25, -0.2) is 0 Å². The first-order valence-corrected chi connectivity index (χ1v) is 8.37. The molecule has 2 rings (SSSR count). The third kappa shape index (κ3) is 4.57. The van der Waals surface area contributed by atoms with E-state index in [0.717, 1.165) is 18.1 Å². The van der Waals surface area contributed by atoms with Crippen molar-refractivity contribution in [1.29, 1.82) is 0 Å². The fraction of sp³-hybridized carbons (Fsp3) is 0.714. The van der Waals surface area contributed by atoms with Crippen molar-refractivity contribution in [2.24, 2.45) is 0 Å². The van der Waals surface area contributed by atoms with Gasteiger partial charge in [0.2, 0.25) is 0 Å². The summed E-state index contributed by atoms with van der Waals surface area (Å²) in [4.78, 5) is 14.6. The summed E-state index contributed by atoms with van der Waals surface area (Å²) >= 11 is 1.25. The second kappa shape index (κ2) is 7.61. The molecule has 1 fully saturated rings. The van der Waals surface area contributed by atoms with Gasteiger partial charge >= 0.3 is 0 Å². The Labute approximate surface area is 130 Å². The number of nitrogens with one attached hydrogen (secondary N) is 2. The molecule has 1 amide bonds. The number of carbonyl (C=O) groups is 1. The number of rotatable bonds is 6. The molecule has 0 aromatic carbocycles. The molecule has 0 bridgehead atoms. The zero-order valence-electron chi connectivity index (χ0n) is 12.8. The van der Waals surface area contributed by atoms with Gasteiger partial charge in [-0.2, -0.15) is 4.37 Å². The monoisotopic (exact) mass is 311 g/mol. The van der Waals surface area contributed by atoms with Gasteiger partial charge in [0.05, 0.1) is 0 Å². The lowest BCUT2D eigenvalue weighted by molar-refractivity contribution is 0.0945. The normalized spacial score (nSPS) is 16.1. The molecule has 1 saturated heterocycles. The molecule has 4 N–H and O–H groups in total. The molecule has 21 heavy (non-hydrogen) atoms. The van der Waals surface area contributed by atoms with E-state index in [9.17, 15) is 4.79 Å². The molecular weight excluding hydrogens is 286 g/mol. The summed E-state index contributed by atoms with van der Waals surface area (Å²) < 4.78 is 4.09. The Morgan fingerprint density at radius 2 is 2.10 bits per heavy atom. The minimum absolute atomic E-state index is 0.0815. The van der Waals surface area contributed by atoms with Crippen molar-refractivity contribution in [3.8, 4) is 0 Å². The summed E-state index contributed by atoms with van der Waals surface area (Å²) in [6, 6.07) is 0.0815. The maximum Gasteiger partial charge on any atom is 0.258 e. The van der Waals surface area contributed by atoms with Crippen molar-refractivity contribution in [1.82, 2.24) is 14.6 Å². The molecule has 0 unspecified atom stereocenters. The zero-order chi connectivity index (χ0) is 15.2. The van der Waals surface area contributed by atoms with Crippen LogP contribution < -0.4 is 16.4 Å². The Balaban J connectivity index is 1.89. The average Bonchev–Trinajstić information content (AvgIpc) is 2.80. The van der Waals surface area contributed by atoms with Crippen LogP contribution in [0.5, 0.6) is 0 Å². The van der Waals surface area contributed by atoms with Crippen LogP contribution in [0.25, 0.3) is 0 Å². The molecule has 1 aromatic heterocycles. The predicted molar refractivity (Wildman–Crippen MR) is 87.9 cm³/mol. The van der Waals surface area contributed by atoms with Crippen molar-refractivity contribution in [2.75, 3.05) is 37.2 Å². The molecule has 118 valence electrons. The molecule has 0 atom stereocenters. The quantitative estimate of drug-likeness (QED) is 0.745. The topological polar surface area (TPSA) is 83.3 Å². The highest BCUT2D eigenvalue weighted by Gasteiger charge is 2.20. The van der Waals surface area contributed by atoms with E-state index in [0.29, 0.717) is 11.4 Å². The molecular formula is C14H25N5OS. The second-order valence-corrected chi connectivity index (χ2v) is 6.50. The number of hydrogen-bond donors (Lipinski definition) is 3.